The fourth-order valence-corrected chi connectivity index (χ4v) is 2.98. The minimum Gasteiger partial charge on any atom is -0.318 e. The second-order valence-corrected chi connectivity index (χ2v) is 5.76. The zero-order chi connectivity index (χ0) is 14.7. The Labute approximate surface area is 125 Å². The van der Waals surface area contributed by atoms with Crippen LogP contribution in [0.25, 0.3) is 0 Å². The van der Waals surface area contributed by atoms with Gasteiger partial charge in [0.2, 0.25) is 0 Å². The molecule has 110 valence electrons. The first-order valence-corrected chi connectivity index (χ1v) is 7.61. The summed E-state index contributed by atoms with van der Waals surface area (Å²) in [5, 5.41) is 4.55. The summed E-state index contributed by atoms with van der Waals surface area (Å²) < 4.78 is 2.02. The average Bonchev–Trinajstić information content (AvgIpc) is 3.18. The molecule has 1 aromatic heterocycles. The molecule has 3 rings (SSSR count). The van der Waals surface area contributed by atoms with Crippen LogP contribution in [0.5, 0.6) is 0 Å². The predicted octanol–water partition coefficient (Wildman–Crippen LogP) is 2.81. The summed E-state index contributed by atoms with van der Waals surface area (Å²) in [6, 6.07) is 11.4. The Balaban J connectivity index is 1.64. The molecule has 1 heterocycles. The predicted molar refractivity (Wildman–Crippen MR) is 81.8 cm³/mol. The van der Waals surface area contributed by atoms with Gasteiger partial charge >= 0.3 is 0 Å². The highest BCUT2D eigenvalue weighted by Crippen LogP contribution is 2.28. The van der Waals surface area contributed by atoms with E-state index in [2.05, 4.69) is 5.10 Å². The molecule has 0 radical (unpaired) electrons. The fourth-order valence-electron chi connectivity index (χ4n) is 2.98. The first-order valence-electron chi connectivity index (χ1n) is 7.61. The molecule has 1 aliphatic rings. The summed E-state index contributed by atoms with van der Waals surface area (Å²) in [6.45, 7) is 0. The zero-order valence-corrected chi connectivity index (χ0v) is 12.1. The van der Waals surface area contributed by atoms with E-state index < -0.39 is 6.04 Å². The number of hydrogen-bond acceptors (Lipinski definition) is 3. The molecule has 4 heteroatoms. The second kappa shape index (κ2) is 6.22. The van der Waals surface area contributed by atoms with Crippen LogP contribution in [0.4, 0.5) is 0 Å². The van der Waals surface area contributed by atoms with Gasteiger partial charge in [-0.25, -0.2) is 0 Å². The molecule has 0 saturated heterocycles. The SMILES string of the molecule is N[C@@H](C(=O)Cc1ccn(C2CCCC2)n1)c1ccccc1. The first kappa shape index (κ1) is 14.0. The average molecular weight is 283 g/mol. The van der Waals surface area contributed by atoms with E-state index in [4.69, 9.17) is 5.73 Å². The van der Waals surface area contributed by atoms with E-state index in [0.717, 1.165) is 11.3 Å². The lowest BCUT2D eigenvalue weighted by molar-refractivity contribution is -0.119. The van der Waals surface area contributed by atoms with Crippen molar-refractivity contribution in [2.75, 3.05) is 0 Å². The van der Waals surface area contributed by atoms with Crippen molar-refractivity contribution >= 4 is 5.78 Å². The van der Waals surface area contributed by atoms with E-state index in [-0.39, 0.29) is 5.78 Å². The summed E-state index contributed by atoms with van der Waals surface area (Å²) >= 11 is 0. The number of nitrogens with two attached hydrogens (primary N) is 1. The Bertz CT molecular complexity index is 600. The van der Waals surface area contributed by atoms with E-state index in [1.807, 2.05) is 47.3 Å². The van der Waals surface area contributed by atoms with Crippen molar-refractivity contribution in [3.05, 3.63) is 53.9 Å². The lowest BCUT2D eigenvalue weighted by Gasteiger charge is -2.10. The number of rotatable bonds is 5. The molecule has 0 spiro atoms. The molecule has 1 atom stereocenters. The maximum absolute atomic E-state index is 12.3. The van der Waals surface area contributed by atoms with Crippen LogP contribution in [0, 0.1) is 0 Å². The van der Waals surface area contributed by atoms with Gasteiger partial charge in [0, 0.05) is 6.20 Å². The summed E-state index contributed by atoms with van der Waals surface area (Å²) in [4.78, 5) is 12.3. The number of ketones is 1. The van der Waals surface area contributed by atoms with E-state index in [1.54, 1.807) is 0 Å². The molecular weight excluding hydrogens is 262 g/mol. The number of carbonyl (C=O) groups is 1. The Morgan fingerprint density at radius 1 is 1.24 bits per heavy atom. The van der Waals surface area contributed by atoms with E-state index >= 15 is 0 Å². The summed E-state index contributed by atoms with van der Waals surface area (Å²) in [5.41, 5.74) is 7.71. The molecule has 21 heavy (non-hydrogen) atoms. The largest absolute Gasteiger partial charge is 0.318 e. The second-order valence-electron chi connectivity index (χ2n) is 5.76. The molecule has 4 nitrogen and oxygen atoms in total. The summed E-state index contributed by atoms with van der Waals surface area (Å²) in [7, 11) is 0. The monoisotopic (exact) mass is 283 g/mol. The van der Waals surface area contributed by atoms with Crippen LogP contribution in [0.15, 0.2) is 42.6 Å². The number of Topliss-reactive ketones (excluding diaryl/α,β-unsaturated/α-hetero) is 1. The quantitative estimate of drug-likeness (QED) is 0.918. The molecule has 0 amide bonds. The van der Waals surface area contributed by atoms with Crippen LogP contribution in [0.3, 0.4) is 0 Å². The van der Waals surface area contributed by atoms with Crippen LogP contribution < -0.4 is 5.73 Å². The van der Waals surface area contributed by atoms with Gasteiger partial charge in [0.15, 0.2) is 5.78 Å². The molecule has 2 aromatic rings. The van der Waals surface area contributed by atoms with Crippen molar-refractivity contribution in [1.29, 1.82) is 0 Å². The molecule has 2 N–H and O–H groups in total. The first-order chi connectivity index (χ1) is 10.2. The van der Waals surface area contributed by atoms with Gasteiger partial charge in [-0.15, -0.1) is 0 Å². The van der Waals surface area contributed by atoms with Gasteiger partial charge in [-0.3, -0.25) is 9.48 Å². The minimum atomic E-state index is -0.567. The van der Waals surface area contributed by atoms with Crippen LogP contribution >= 0.6 is 0 Å². The maximum Gasteiger partial charge on any atom is 0.160 e. The Morgan fingerprint density at radius 3 is 2.67 bits per heavy atom. The number of hydrogen-bond donors (Lipinski definition) is 1. The third kappa shape index (κ3) is 3.22. The minimum absolute atomic E-state index is 0.0119. The molecule has 0 bridgehead atoms. The van der Waals surface area contributed by atoms with E-state index in [9.17, 15) is 4.79 Å². The van der Waals surface area contributed by atoms with Crippen LogP contribution in [-0.2, 0) is 11.2 Å². The van der Waals surface area contributed by atoms with Crippen molar-refractivity contribution in [2.45, 2.75) is 44.2 Å². The number of nitrogens with zero attached hydrogens (tertiary/aromatic N) is 2. The highest BCUT2D eigenvalue weighted by molar-refractivity contribution is 5.86. The van der Waals surface area contributed by atoms with Crippen molar-refractivity contribution in [3.8, 4) is 0 Å². The number of benzene rings is 1. The van der Waals surface area contributed by atoms with Crippen molar-refractivity contribution in [2.24, 2.45) is 5.73 Å². The van der Waals surface area contributed by atoms with Gasteiger partial charge in [0.1, 0.15) is 0 Å². The zero-order valence-electron chi connectivity index (χ0n) is 12.1. The standard InChI is InChI=1S/C17H21N3O/c18-17(13-6-2-1-3-7-13)16(21)12-14-10-11-20(19-14)15-8-4-5-9-15/h1-3,6-7,10-11,15,17H,4-5,8-9,12,18H2/t17-/m1/s1. The molecule has 1 aromatic carbocycles. The fraction of sp³-hybridized carbons (Fsp3) is 0.412. The lowest BCUT2D eigenvalue weighted by atomic mass is 10.0. The van der Waals surface area contributed by atoms with Crippen LogP contribution in [0.1, 0.15) is 49.0 Å². The van der Waals surface area contributed by atoms with Gasteiger partial charge in [-0.1, -0.05) is 43.2 Å². The van der Waals surface area contributed by atoms with Crippen LogP contribution in [-0.4, -0.2) is 15.6 Å². The summed E-state index contributed by atoms with van der Waals surface area (Å²) in [6.07, 6.45) is 7.23. The molecular formula is C17H21N3O. The van der Waals surface area contributed by atoms with Crippen molar-refractivity contribution in [3.63, 3.8) is 0 Å². The van der Waals surface area contributed by atoms with Crippen LogP contribution in [0.2, 0.25) is 0 Å². The third-order valence-electron chi connectivity index (χ3n) is 4.22. The molecule has 1 fully saturated rings. The number of aromatic nitrogens is 2. The Kier molecular flexibility index (Phi) is 4.15. The third-order valence-corrected chi connectivity index (χ3v) is 4.22. The topological polar surface area (TPSA) is 60.9 Å². The van der Waals surface area contributed by atoms with Gasteiger partial charge in [0.25, 0.3) is 0 Å². The van der Waals surface area contributed by atoms with Gasteiger partial charge < -0.3 is 5.73 Å². The van der Waals surface area contributed by atoms with Crippen molar-refractivity contribution < 1.29 is 4.79 Å². The normalized spacial score (nSPS) is 17.0. The highest BCUT2D eigenvalue weighted by Gasteiger charge is 2.20. The van der Waals surface area contributed by atoms with Gasteiger partial charge in [0.05, 0.1) is 24.2 Å². The highest BCUT2D eigenvalue weighted by atomic mass is 16.1. The Hall–Kier alpha value is -1.94. The number of carbonyl (C=O) groups excluding carboxylic acids is 1. The molecule has 0 aliphatic heterocycles. The molecule has 0 unspecified atom stereocenters. The molecule has 1 saturated carbocycles. The smallest absolute Gasteiger partial charge is 0.160 e. The lowest BCUT2D eigenvalue weighted by Crippen LogP contribution is -2.23. The van der Waals surface area contributed by atoms with E-state index in [1.165, 1.54) is 25.7 Å². The maximum atomic E-state index is 12.3. The van der Waals surface area contributed by atoms with Gasteiger partial charge in [-0.05, 0) is 24.5 Å². The van der Waals surface area contributed by atoms with E-state index in [0.29, 0.717) is 12.5 Å². The van der Waals surface area contributed by atoms with Crippen molar-refractivity contribution in [1.82, 2.24) is 9.78 Å². The Morgan fingerprint density at radius 2 is 1.95 bits per heavy atom. The molecule has 1 aliphatic carbocycles. The summed E-state index contributed by atoms with van der Waals surface area (Å²) in [5.74, 6) is 0.0119. The van der Waals surface area contributed by atoms with Gasteiger partial charge in [-0.2, -0.15) is 5.10 Å².